The van der Waals surface area contributed by atoms with Crippen LogP contribution >= 0.6 is 0 Å². The summed E-state index contributed by atoms with van der Waals surface area (Å²) in [7, 11) is 0. The van der Waals surface area contributed by atoms with Gasteiger partial charge in [-0.3, -0.25) is 4.79 Å². The molecule has 5 nitrogen and oxygen atoms in total. The summed E-state index contributed by atoms with van der Waals surface area (Å²) in [5, 5.41) is 6.32. The lowest BCUT2D eigenvalue weighted by Gasteiger charge is -2.22. The molecule has 1 aromatic heterocycles. The molecule has 2 N–H and O–H groups in total. The third-order valence-corrected chi connectivity index (χ3v) is 3.55. The van der Waals surface area contributed by atoms with Crippen LogP contribution < -0.4 is 15.5 Å². The van der Waals surface area contributed by atoms with Crippen molar-refractivity contribution >= 4 is 11.7 Å². The van der Waals surface area contributed by atoms with E-state index in [0.29, 0.717) is 12.5 Å². The van der Waals surface area contributed by atoms with Crippen LogP contribution in [-0.4, -0.2) is 37.1 Å². The lowest BCUT2D eigenvalue weighted by molar-refractivity contribution is -0.119. The zero-order chi connectivity index (χ0) is 15.2. The maximum Gasteiger partial charge on any atom is 0.239 e. The number of carbonyl (C=O) groups excluding carboxylic acids is 1. The Morgan fingerprint density at radius 2 is 2.29 bits per heavy atom. The molecule has 0 spiro atoms. The molecule has 5 heteroatoms. The molecular formula is C16H26N4O. The second-order valence-corrected chi connectivity index (χ2v) is 6.13. The Morgan fingerprint density at radius 1 is 1.48 bits per heavy atom. The van der Waals surface area contributed by atoms with E-state index in [2.05, 4.69) is 47.4 Å². The molecule has 2 heterocycles. The number of pyridine rings is 1. The van der Waals surface area contributed by atoms with Crippen LogP contribution in [-0.2, 0) is 11.3 Å². The van der Waals surface area contributed by atoms with Gasteiger partial charge in [0.05, 0.1) is 6.54 Å². The summed E-state index contributed by atoms with van der Waals surface area (Å²) in [4.78, 5) is 18.3. The Kier molecular flexibility index (Phi) is 5.56. The van der Waals surface area contributed by atoms with Crippen LogP contribution in [0.4, 0.5) is 5.82 Å². The molecule has 1 aliphatic rings. The zero-order valence-electron chi connectivity index (χ0n) is 13.3. The van der Waals surface area contributed by atoms with Gasteiger partial charge in [0.2, 0.25) is 5.91 Å². The van der Waals surface area contributed by atoms with Gasteiger partial charge in [0, 0.05) is 25.8 Å². The Labute approximate surface area is 127 Å². The monoisotopic (exact) mass is 290 g/mol. The maximum absolute atomic E-state index is 11.7. The first-order chi connectivity index (χ1) is 10.1. The van der Waals surface area contributed by atoms with E-state index in [-0.39, 0.29) is 5.91 Å². The summed E-state index contributed by atoms with van der Waals surface area (Å²) in [6.07, 6.45) is 2.88. The molecule has 0 unspecified atom stereocenters. The number of aromatic nitrogens is 1. The van der Waals surface area contributed by atoms with E-state index in [0.717, 1.165) is 44.0 Å². The summed E-state index contributed by atoms with van der Waals surface area (Å²) in [5.41, 5.74) is 2.32. The van der Waals surface area contributed by atoms with Gasteiger partial charge < -0.3 is 15.5 Å². The van der Waals surface area contributed by atoms with Crippen LogP contribution in [0.25, 0.3) is 0 Å². The number of aryl methyl sites for hydroxylation is 1. The Balaban J connectivity index is 2.02. The standard InChI is InChI=1S/C16H26N4O/c1-12(2)8-17-9-14-7-13(3)16(19-10-14)20-6-4-5-18-15(21)11-20/h7,10,12,17H,4-6,8-9,11H2,1-3H3,(H,18,21). The van der Waals surface area contributed by atoms with E-state index in [1.165, 1.54) is 5.56 Å². The van der Waals surface area contributed by atoms with Gasteiger partial charge in [-0.2, -0.15) is 0 Å². The molecule has 0 aromatic carbocycles. The van der Waals surface area contributed by atoms with Gasteiger partial charge in [-0.05, 0) is 43.0 Å². The summed E-state index contributed by atoms with van der Waals surface area (Å²) < 4.78 is 0. The molecule has 21 heavy (non-hydrogen) atoms. The summed E-state index contributed by atoms with van der Waals surface area (Å²) in [6, 6.07) is 2.17. The second kappa shape index (κ2) is 7.41. The fourth-order valence-corrected chi connectivity index (χ4v) is 2.55. The van der Waals surface area contributed by atoms with Crippen molar-refractivity contribution in [3.63, 3.8) is 0 Å². The average molecular weight is 290 g/mol. The van der Waals surface area contributed by atoms with Gasteiger partial charge in [0.15, 0.2) is 0 Å². The normalized spacial score (nSPS) is 16.0. The summed E-state index contributed by atoms with van der Waals surface area (Å²) >= 11 is 0. The van der Waals surface area contributed by atoms with Crippen LogP contribution in [0, 0.1) is 12.8 Å². The van der Waals surface area contributed by atoms with Crippen LogP contribution in [0.3, 0.4) is 0 Å². The molecule has 0 bridgehead atoms. The number of carbonyl (C=O) groups is 1. The first kappa shape index (κ1) is 15.8. The molecule has 0 aliphatic carbocycles. The average Bonchev–Trinajstić information content (AvgIpc) is 2.63. The van der Waals surface area contributed by atoms with Gasteiger partial charge in [0.25, 0.3) is 0 Å². The highest BCUT2D eigenvalue weighted by molar-refractivity contribution is 5.81. The Bertz CT molecular complexity index is 487. The fraction of sp³-hybridized carbons (Fsp3) is 0.625. The molecule has 1 aromatic rings. The van der Waals surface area contributed by atoms with Crippen molar-refractivity contribution in [2.75, 3.05) is 31.1 Å². The molecule has 0 atom stereocenters. The predicted octanol–water partition coefficient (Wildman–Crippen LogP) is 1.46. The SMILES string of the molecule is Cc1cc(CNCC(C)C)cnc1N1CCCNC(=O)C1. The topological polar surface area (TPSA) is 57.3 Å². The predicted molar refractivity (Wildman–Crippen MR) is 85.4 cm³/mol. The summed E-state index contributed by atoms with van der Waals surface area (Å²) in [6.45, 7) is 10.3. The van der Waals surface area contributed by atoms with Crippen LogP contribution in [0.15, 0.2) is 12.3 Å². The molecule has 1 aliphatic heterocycles. The van der Waals surface area contributed by atoms with Gasteiger partial charge in [-0.15, -0.1) is 0 Å². The highest BCUT2D eigenvalue weighted by atomic mass is 16.2. The number of hydrogen-bond donors (Lipinski definition) is 2. The fourth-order valence-electron chi connectivity index (χ4n) is 2.55. The lowest BCUT2D eigenvalue weighted by atomic mass is 10.1. The summed E-state index contributed by atoms with van der Waals surface area (Å²) in [5.74, 6) is 1.66. The van der Waals surface area contributed by atoms with E-state index in [1.54, 1.807) is 0 Å². The van der Waals surface area contributed by atoms with Crippen molar-refractivity contribution in [3.8, 4) is 0 Å². The maximum atomic E-state index is 11.7. The minimum atomic E-state index is 0.0800. The van der Waals surface area contributed by atoms with Crippen molar-refractivity contribution in [2.24, 2.45) is 5.92 Å². The van der Waals surface area contributed by atoms with Crippen molar-refractivity contribution in [1.82, 2.24) is 15.6 Å². The molecule has 1 saturated heterocycles. The number of hydrogen-bond acceptors (Lipinski definition) is 4. The van der Waals surface area contributed by atoms with E-state index >= 15 is 0 Å². The molecule has 1 fully saturated rings. The van der Waals surface area contributed by atoms with Crippen LogP contribution in [0.1, 0.15) is 31.4 Å². The van der Waals surface area contributed by atoms with Crippen molar-refractivity contribution in [3.05, 3.63) is 23.4 Å². The lowest BCUT2D eigenvalue weighted by Crippen LogP contribution is -2.34. The zero-order valence-corrected chi connectivity index (χ0v) is 13.3. The minimum Gasteiger partial charge on any atom is -0.354 e. The van der Waals surface area contributed by atoms with E-state index in [9.17, 15) is 4.79 Å². The Hall–Kier alpha value is -1.62. The highest BCUT2D eigenvalue weighted by Crippen LogP contribution is 2.19. The van der Waals surface area contributed by atoms with Gasteiger partial charge in [-0.25, -0.2) is 4.98 Å². The number of nitrogens with one attached hydrogen (secondary N) is 2. The van der Waals surface area contributed by atoms with Gasteiger partial charge in [0.1, 0.15) is 5.82 Å². The smallest absolute Gasteiger partial charge is 0.239 e. The highest BCUT2D eigenvalue weighted by Gasteiger charge is 2.17. The third-order valence-electron chi connectivity index (χ3n) is 3.55. The Morgan fingerprint density at radius 3 is 3.00 bits per heavy atom. The van der Waals surface area contributed by atoms with Crippen molar-refractivity contribution < 1.29 is 4.79 Å². The molecule has 1 amide bonds. The first-order valence-corrected chi connectivity index (χ1v) is 7.74. The van der Waals surface area contributed by atoms with Crippen molar-refractivity contribution in [2.45, 2.75) is 33.7 Å². The molecule has 2 rings (SSSR count). The van der Waals surface area contributed by atoms with Crippen LogP contribution in [0.2, 0.25) is 0 Å². The van der Waals surface area contributed by atoms with E-state index in [4.69, 9.17) is 0 Å². The number of nitrogens with zero attached hydrogens (tertiary/aromatic N) is 2. The second-order valence-electron chi connectivity index (χ2n) is 6.13. The van der Waals surface area contributed by atoms with E-state index in [1.807, 2.05) is 6.20 Å². The van der Waals surface area contributed by atoms with Gasteiger partial charge >= 0.3 is 0 Å². The number of rotatable bonds is 5. The molecule has 116 valence electrons. The molecular weight excluding hydrogens is 264 g/mol. The quantitative estimate of drug-likeness (QED) is 0.862. The number of anilines is 1. The molecule has 0 radical (unpaired) electrons. The largest absolute Gasteiger partial charge is 0.354 e. The molecule has 0 saturated carbocycles. The third kappa shape index (κ3) is 4.70. The van der Waals surface area contributed by atoms with Gasteiger partial charge in [-0.1, -0.05) is 13.8 Å². The van der Waals surface area contributed by atoms with Crippen molar-refractivity contribution in [1.29, 1.82) is 0 Å². The first-order valence-electron chi connectivity index (χ1n) is 7.74. The number of amides is 1. The van der Waals surface area contributed by atoms with E-state index < -0.39 is 0 Å². The van der Waals surface area contributed by atoms with Crippen LogP contribution in [0.5, 0.6) is 0 Å². The minimum absolute atomic E-state index is 0.0800.